The van der Waals surface area contributed by atoms with Crippen molar-refractivity contribution in [1.82, 2.24) is 10.2 Å². The van der Waals surface area contributed by atoms with E-state index in [4.69, 9.17) is 0 Å². The summed E-state index contributed by atoms with van der Waals surface area (Å²) < 4.78 is 0. The molecule has 0 saturated heterocycles. The molecule has 1 fully saturated rings. The van der Waals surface area contributed by atoms with Gasteiger partial charge in [0.05, 0.1) is 0 Å². The fraction of sp³-hybridized carbons (Fsp3) is 0.417. The van der Waals surface area contributed by atoms with Gasteiger partial charge >= 0.3 is 5.97 Å². The number of aliphatic carboxylic acids is 1. The minimum atomic E-state index is -0.785. The number of hydrogen-bond donors (Lipinski definition) is 2. The highest BCUT2D eigenvalue weighted by atomic mass is 32.2. The van der Waals surface area contributed by atoms with Crippen molar-refractivity contribution in [2.24, 2.45) is 0 Å². The van der Waals surface area contributed by atoms with Crippen molar-refractivity contribution in [3.63, 3.8) is 0 Å². The summed E-state index contributed by atoms with van der Waals surface area (Å²) in [4.78, 5) is 14.7. The molecule has 0 spiro atoms. The lowest BCUT2D eigenvalue weighted by Crippen LogP contribution is -2.44. The van der Waals surface area contributed by atoms with Crippen LogP contribution in [0.1, 0.15) is 61.8 Å². The highest BCUT2D eigenvalue weighted by molar-refractivity contribution is 7.98. The highest BCUT2D eigenvalue weighted by Crippen LogP contribution is 2.38. The van der Waals surface area contributed by atoms with Gasteiger partial charge in [-0.1, -0.05) is 72.8 Å². The molecule has 1 atom stereocenters. The molecule has 0 aliphatic heterocycles. The maximum atomic E-state index is 12.2. The Morgan fingerprint density at radius 3 is 2.34 bits per heavy atom. The predicted molar refractivity (Wildman–Crippen MR) is 176 cm³/mol. The third-order valence-electron chi connectivity index (χ3n) is 8.58. The van der Waals surface area contributed by atoms with Crippen LogP contribution < -0.4 is 5.32 Å². The van der Waals surface area contributed by atoms with Crippen LogP contribution in [0.4, 0.5) is 0 Å². The third-order valence-corrected chi connectivity index (χ3v) is 9.22. The van der Waals surface area contributed by atoms with E-state index in [1.807, 2.05) is 6.26 Å². The zero-order valence-electron chi connectivity index (χ0n) is 25.4. The Morgan fingerprint density at radius 1 is 1.00 bits per heavy atom. The van der Waals surface area contributed by atoms with E-state index in [2.05, 4.69) is 111 Å². The number of carbonyl (C=O) groups is 1. The summed E-state index contributed by atoms with van der Waals surface area (Å²) in [5.74, 6) is 0.0244. The summed E-state index contributed by atoms with van der Waals surface area (Å²) in [6.45, 7) is 7.75. The van der Waals surface area contributed by atoms with E-state index in [9.17, 15) is 9.90 Å². The lowest BCUT2D eigenvalue weighted by atomic mass is 9.84. The van der Waals surface area contributed by atoms with Crippen molar-refractivity contribution < 1.29 is 9.90 Å². The molecule has 3 aromatic rings. The third kappa shape index (κ3) is 8.05. The molecular formula is C36H46N2O2S. The van der Waals surface area contributed by atoms with E-state index in [-0.39, 0.29) is 5.54 Å². The van der Waals surface area contributed by atoms with Gasteiger partial charge in [-0.3, -0.25) is 0 Å². The largest absolute Gasteiger partial charge is 0.480 e. The SMILES string of the molecule is CSCC[C@H](NC(=C1CCC1)c1ccc(CCN(C)C(C)(C)Cc2ccccc2)cc1-c1ccccc1C)C(=O)O. The van der Waals surface area contributed by atoms with Crippen LogP contribution in [-0.4, -0.2) is 53.2 Å². The van der Waals surface area contributed by atoms with Gasteiger partial charge in [0.15, 0.2) is 0 Å². The molecule has 0 heterocycles. The number of benzene rings is 3. The number of carboxylic acids is 1. The van der Waals surface area contributed by atoms with E-state index < -0.39 is 12.0 Å². The van der Waals surface area contributed by atoms with Crippen molar-refractivity contribution in [2.75, 3.05) is 25.6 Å². The molecule has 1 saturated carbocycles. The minimum Gasteiger partial charge on any atom is -0.480 e. The lowest BCUT2D eigenvalue weighted by molar-refractivity contribution is -0.139. The first-order valence-electron chi connectivity index (χ1n) is 14.8. The first kappa shape index (κ1) is 30.9. The molecular weight excluding hydrogens is 524 g/mol. The van der Waals surface area contributed by atoms with Crippen molar-refractivity contribution in [3.05, 3.63) is 101 Å². The zero-order valence-corrected chi connectivity index (χ0v) is 26.2. The molecule has 5 heteroatoms. The van der Waals surface area contributed by atoms with Gasteiger partial charge in [0.25, 0.3) is 0 Å². The monoisotopic (exact) mass is 570 g/mol. The summed E-state index contributed by atoms with van der Waals surface area (Å²) in [5, 5.41) is 13.5. The van der Waals surface area contributed by atoms with Gasteiger partial charge in [-0.2, -0.15) is 11.8 Å². The second-order valence-electron chi connectivity index (χ2n) is 12.0. The van der Waals surface area contributed by atoms with E-state index >= 15 is 0 Å². The van der Waals surface area contributed by atoms with Gasteiger partial charge in [-0.15, -0.1) is 0 Å². The van der Waals surface area contributed by atoms with Crippen LogP contribution in [0.3, 0.4) is 0 Å². The van der Waals surface area contributed by atoms with E-state index in [0.29, 0.717) is 6.42 Å². The Bertz CT molecular complexity index is 1340. The quantitative estimate of drug-likeness (QED) is 0.207. The summed E-state index contributed by atoms with van der Waals surface area (Å²) in [7, 11) is 2.23. The van der Waals surface area contributed by atoms with Gasteiger partial charge in [0.1, 0.15) is 6.04 Å². The maximum absolute atomic E-state index is 12.2. The Labute approximate surface area is 251 Å². The average Bonchev–Trinajstić information content (AvgIpc) is 2.92. The number of allylic oxidation sites excluding steroid dienone is 1. The van der Waals surface area contributed by atoms with Crippen LogP contribution >= 0.6 is 11.8 Å². The molecule has 1 aliphatic carbocycles. The van der Waals surface area contributed by atoms with Crippen LogP contribution in [0.2, 0.25) is 0 Å². The van der Waals surface area contributed by atoms with Gasteiger partial charge < -0.3 is 15.3 Å². The number of hydrogen-bond acceptors (Lipinski definition) is 4. The summed E-state index contributed by atoms with van der Waals surface area (Å²) in [6, 6.07) is 25.5. The predicted octanol–water partition coefficient (Wildman–Crippen LogP) is 7.85. The number of thioether (sulfide) groups is 1. The first-order chi connectivity index (χ1) is 19.7. The molecule has 0 unspecified atom stereocenters. The van der Waals surface area contributed by atoms with Crippen molar-refractivity contribution in [3.8, 4) is 11.1 Å². The average molecular weight is 571 g/mol. The second-order valence-corrected chi connectivity index (χ2v) is 13.0. The van der Waals surface area contributed by atoms with Gasteiger partial charge in [0.2, 0.25) is 0 Å². The Kier molecular flexibility index (Phi) is 10.7. The molecule has 2 N–H and O–H groups in total. The molecule has 41 heavy (non-hydrogen) atoms. The number of nitrogens with zero attached hydrogens (tertiary/aromatic N) is 1. The van der Waals surface area contributed by atoms with Crippen molar-refractivity contribution in [1.29, 1.82) is 0 Å². The molecule has 218 valence electrons. The second kappa shape index (κ2) is 14.2. The van der Waals surface area contributed by atoms with Crippen LogP contribution in [0, 0.1) is 6.92 Å². The van der Waals surface area contributed by atoms with Gasteiger partial charge in [-0.05, 0) is 112 Å². The van der Waals surface area contributed by atoms with Crippen LogP contribution in [0.25, 0.3) is 16.8 Å². The Morgan fingerprint density at radius 2 is 1.71 bits per heavy atom. The summed E-state index contributed by atoms with van der Waals surface area (Å²) >= 11 is 1.69. The normalized spacial score (nSPS) is 14.0. The lowest BCUT2D eigenvalue weighted by Gasteiger charge is -2.36. The molecule has 0 aromatic heterocycles. The smallest absolute Gasteiger partial charge is 0.326 e. The number of nitrogens with one attached hydrogen (secondary N) is 1. The van der Waals surface area contributed by atoms with Crippen LogP contribution in [-0.2, 0) is 17.6 Å². The summed E-state index contributed by atoms with van der Waals surface area (Å²) in [6.07, 6.45) is 7.77. The van der Waals surface area contributed by atoms with Crippen LogP contribution in [0.15, 0.2) is 78.4 Å². The molecule has 0 bridgehead atoms. The maximum Gasteiger partial charge on any atom is 0.326 e. The topological polar surface area (TPSA) is 52.6 Å². The fourth-order valence-corrected chi connectivity index (χ4v) is 6.01. The number of likely N-dealkylation sites (N-methyl/N-ethyl adjacent to an activating group) is 1. The summed E-state index contributed by atoms with van der Waals surface area (Å²) in [5.41, 5.74) is 9.78. The number of aryl methyl sites for hydroxylation is 1. The first-order valence-corrected chi connectivity index (χ1v) is 16.2. The zero-order chi connectivity index (χ0) is 29.4. The standard InChI is InChI=1S/C36H46N2O2S/c1-26-12-9-10-17-30(26)32-24-27(20-22-38(4)36(2,3)25-28-13-7-6-8-14-28)18-19-31(32)34(29-15-11-16-29)37-33(35(39)40)21-23-41-5/h6-10,12-14,17-19,24,33,37H,11,15-16,20-23,25H2,1-5H3,(H,39,40)/t33-/m0/s1. The van der Waals surface area contributed by atoms with Crippen molar-refractivity contribution in [2.45, 2.75) is 70.9 Å². The molecule has 0 amide bonds. The molecule has 1 aliphatic rings. The molecule has 0 radical (unpaired) electrons. The highest BCUT2D eigenvalue weighted by Gasteiger charge is 2.26. The molecule has 4 nitrogen and oxygen atoms in total. The molecule has 4 rings (SSSR count). The van der Waals surface area contributed by atoms with Gasteiger partial charge in [0, 0.05) is 23.3 Å². The van der Waals surface area contributed by atoms with E-state index in [1.165, 1.54) is 33.4 Å². The van der Waals surface area contributed by atoms with Crippen LogP contribution in [0.5, 0.6) is 0 Å². The van der Waals surface area contributed by atoms with Gasteiger partial charge in [-0.25, -0.2) is 4.79 Å². The van der Waals surface area contributed by atoms with Crippen molar-refractivity contribution >= 4 is 23.4 Å². The fourth-order valence-electron chi connectivity index (χ4n) is 5.53. The minimum absolute atomic E-state index is 0.0362. The Balaban J connectivity index is 1.64. The van der Waals surface area contributed by atoms with E-state index in [1.54, 1.807) is 11.8 Å². The van der Waals surface area contributed by atoms with E-state index in [0.717, 1.165) is 55.7 Å². The molecule has 3 aromatic carbocycles. The number of rotatable bonds is 14. The Hall–Kier alpha value is -3.02. The number of carboxylic acid groups (broad SMARTS) is 1.